The Morgan fingerprint density at radius 2 is 2.12 bits per heavy atom. The molecule has 3 aliphatic heterocycles. The van der Waals surface area contributed by atoms with Crippen LogP contribution in [0.25, 0.3) is 0 Å². The van der Waals surface area contributed by atoms with Crippen molar-refractivity contribution >= 4 is 11.9 Å². The average molecular weight is 355 g/mol. The lowest BCUT2D eigenvalue weighted by molar-refractivity contribution is -0.148. The molecule has 5 nitrogen and oxygen atoms in total. The van der Waals surface area contributed by atoms with Gasteiger partial charge < -0.3 is 15.1 Å². The lowest BCUT2D eigenvalue weighted by atomic mass is 9.76. The van der Waals surface area contributed by atoms with E-state index in [1.165, 1.54) is 11.1 Å². The molecular formula is C21H29N3O2. The summed E-state index contributed by atoms with van der Waals surface area (Å²) in [6.07, 6.45) is 5.71. The first-order chi connectivity index (χ1) is 12.7. The number of carbonyl (C=O) groups excluding carboxylic acids is 2. The highest BCUT2D eigenvalue weighted by molar-refractivity contribution is 5.83. The van der Waals surface area contributed by atoms with Crippen LogP contribution in [0.5, 0.6) is 0 Å². The summed E-state index contributed by atoms with van der Waals surface area (Å²) in [6.45, 7) is 4.42. The highest BCUT2D eigenvalue weighted by Crippen LogP contribution is 2.43. The second-order valence-electron chi connectivity index (χ2n) is 7.83. The molecule has 2 fully saturated rings. The van der Waals surface area contributed by atoms with Gasteiger partial charge in [0.05, 0.1) is 12.0 Å². The first kappa shape index (κ1) is 17.4. The number of benzene rings is 1. The van der Waals surface area contributed by atoms with Gasteiger partial charge in [-0.3, -0.25) is 4.79 Å². The van der Waals surface area contributed by atoms with Gasteiger partial charge in [-0.25, -0.2) is 4.79 Å². The summed E-state index contributed by atoms with van der Waals surface area (Å²) in [7, 11) is 0. The molecule has 0 spiro atoms. The summed E-state index contributed by atoms with van der Waals surface area (Å²) in [6, 6.07) is 8.65. The maximum Gasteiger partial charge on any atom is 0.317 e. The van der Waals surface area contributed by atoms with Gasteiger partial charge in [0.2, 0.25) is 5.91 Å². The molecule has 0 saturated carbocycles. The number of hydrogen-bond donors (Lipinski definition) is 1. The number of fused-ring (bicyclic) bond motifs is 4. The van der Waals surface area contributed by atoms with Crippen LogP contribution in [-0.2, 0) is 11.2 Å². The third-order valence-electron chi connectivity index (χ3n) is 6.32. The Balaban J connectivity index is 1.57. The van der Waals surface area contributed by atoms with E-state index in [0.717, 1.165) is 58.2 Å². The monoisotopic (exact) mass is 355 g/mol. The van der Waals surface area contributed by atoms with Crippen LogP contribution < -0.4 is 5.32 Å². The molecule has 1 aromatic rings. The Morgan fingerprint density at radius 3 is 2.96 bits per heavy atom. The molecule has 3 atom stereocenters. The Morgan fingerprint density at radius 1 is 1.27 bits per heavy atom. The highest BCUT2D eigenvalue weighted by Gasteiger charge is 2.48. The smallest absolute Gasteiger partial charge is 0.317 e. The molecule has 140 valence electrons. The maximum absolute atomic E-state index is 13.2. The zero-order chi connectivity index (χ0) is 18.1. The van der Waals surface area contributed by atoms with E-state index in [0.29, 0.717) is 0 Å². The Kier molecular flexibility index (Phi) is 4.88. The molecule has 5 heteroatoms. The van der Waals surface area contributed by atoms with E-state index in [1.54, 1.807) is 0 Å². The lowest BCUT2D eigenvalue weighted by Gasteiger charge is -2.51. The van der Waals surface area contributed by atoms with Crippen molar-refractivity contribution < 1.29 is 9.59 Å². The van der Waals surface area contributed by atoms with Crippen molar-refractivity contribution in [3.05, 3.63) is 35.4 Å². The highest BCUT2D eigenvalue weighted by atomic mass is 16.2. The van der Waals surface area contributed by atoms with Gasteiger partial charge in [-0.15, -0.1) is 0 Å². The fraction of sp³-hybridized carbons (Fsp3) is 0.619. The minimum Gasteiger partial charge on any atom is -0.338 e. The van der Waals surface area contributed by atoms with Gasteiger partial charge in [0.1, 0.15) is 0 Å². The summed E-state index contributed by atoms with van der Waals surface area (Å²) >= 11 is 0. The van der Waals surface area contributed by atoms with E-state index >= 15 is 0 Å². The third-order valence-corrected chi connectivity index (χ3v) is 6.32. The molecule has 4 rings (SSSR count). The van der Waals surface area contributed by atoms with Crippen molar-refractivity contribution in [1.82, 2.24) is 15.1 Å². The van der Waals surface area contributed by atoms with E-state index in [-0.39, 0.29) is 29.9 Å². The Labute approximate surface area is 155 Å². The number of likely N-dealkylation sites (tertiary alicyclic amines) is 1. The number of urea groups is 1. The van der Waals surface area contributed by atoms with E-state index < -0.39 is 0 Å². The van der Waals surface area contributed by atoms with Crippen LogP contribution in [0.4, 0.5) is 4.79 Å². The normalized spacial score (nSPS) is 27.4. The summed E-state index contributed by atoms with van der Waals surface area (Å²) in [5, 5.41) is 3.05. The number of amides is 3. The number of unbranched alkanes of at least 4 members (excludes halogenated alkanes) is 1. The van der Waals surface area contributed by atoms with E-state index in [2.05, 4.69) is 41.4 Å². The lowest BCUT2D eigenvalue weighted by Crippen LogP contribution is -2.61. The fourth-order valence-electron chi connectivity index (χ4n) is 4.97. The summed E-state index contributed by atoms with van der Waals surface area (Å²) < 4.78 is 0. The van der Waals surface area contributed by atoms with Crippen LogP contribution in [0.2, 0.25) is 0 Å². The third kappa shape index (κ3) is 2.97. The zero-order valence-electron chi connectivity index (χ0n) is 15.6. The van der Waals surface area contributed by atoms with Crippen molar-refractivity contribution in [2.75, 3.05) is 19.6 Å². The molecule has 0 radical (unpaired) electrons. The molecule has 3 heterocycles. The van der Waals surface area contributed by atoms with Crippen LogP contribution in [0, 0.1) is 5.92 Å². The number of nitrogens with zero attached hydrogens (tertiary/aromatic N) is 2. The first-order valence-electron chi connectivity index (χ1n) is 10.1. The second kappa shape index (κ2) is 7.29. The van der Waals surface area contributed by atoms with Crippen LogP contribution in [-0.4, -0.2) is 47.4 Å². The molecule has 1 N–H and O–H groups in total. The molecule has 3 unspecified atom stereocenters. The van der Waals surface area contributed by atoms with Crippen molar-refractivity contribution in [2.24, 2.45) is 5.92 Å². The minimum absolute atomic E-state index is 0.0125. The molecule has 26 heavy (non-hydrogen) atoms. The predicted octanol–water partition coefficient (Wildman–Crippen LogP) is 3.11. The standard InChI is InChI=1S/C21H29N3O2/c1-2-3-11-22-21(26)24-12-6-9-17-19(24)14-18-16-8-5-4-7-15(16)10-13-23(18)20(17)25/h4-5,7-8,17-19H,2-3,6,9-14H2,1H3,(H,22,26). The minimum atomic E-state index is -0.0258. The van der Waals surface area contributed by atoms with Crippen LogP contribution in [0.1, 0.15) is 56.2 Å². The molecule has 0 bridgehead atoms. The Hall–Kier alpha value is -2.04. The van der Waals surface area contributed by atoms with Gasteiger partial charge in [-0.05, 0) is 43.2 Å². The van der Waals surface area contributed by atoms with Crippen LogP contribution in [0.15, 0.2) is 24.3 Å². The van der Waals surface area contributed by atoms with Gasteiger partial charge in [0, 0.05) is 25.7 Å². The van der Waals surface area contributed by atoms with Gasteiger partial charge in [-0.1, -0.05) is 37.6 Å². The maximum atomic E-state index is 13.2. The Bertz CT molecular complexity index is 690. The van der Waals surface area contributed by atoms with Gasteiger partial charge in [0.15, 0.2) is 0 Å². The van der Waals surface area contributed by atoms with E-state index in [9.17, 15) is 9.59 Å². The molecular weight excluding hydrogens is 326 g/mol. The molecule has 1 aromatic carbocycles. The number of nitrogens with one attached hydrogen (secondary N) is 1. The fourth-order valence-corrected chi connectivity index (χ4v) is 4.97. The summed E-state index contributed by atoms with van der Waals surface area (Å²) in [5.74, 6) is 0.231. The number of carbonyl (C=O) groups is 2. The van der Waals surface area contributed by atoms with Crippen molar-refractivity contribution in [1.29, 1.82) is 0 Å². The van der Waals surface area contributed by atoms with Gasteiger partial charge in [0.25, 0.3) is 0 Å². The molecule has 0 aliphatic carbocycles. The SMILES string of the molecule is CCCCNC(=O)N1CCCC2C(=O)N3CCc4ccccc4C3CC21. The number of hydrogen-bond acceptors (Lipinski definition) is 2. The quantitative estimate of drug-likeness (QED) is 0.847. The number of piperidine rings is 2. The summed E-state index contributed by atoms with van der Waals surface area (Å²) in [5.41, 5.74) is 2.64. The topological polar surface area (TPSA) is 52.7 Å². The average Bonchev–Trinajstić information content (AvgIpc) is 2.68. The molecule has 3 amide bonds. The molecule has 2 saturated heterocycles. The largest absolute Gasteiger partial charge is 0.338 e. The molecule has 0 aromatic heterocycles. The van der Waals surface area contributed by atoms with E-state index in [1.807, 2.05) is 4.90 Å². The number of rotatable bonds is 3. The van der Waals surface area contributed by atoms with Crippen molar-refractivity contribution in [2.45, 2.75) is 57.5 Å². The predicted molar refractivity (Wildman–Crippen MR) is 101 cm³/mol. The van der Waals surface area contributed by atoms with Crippen LogP contribution >= 0.6 is 0 Å². The second-order valence-corrected chi connectivity index (χ2v) is 7.83. The first-order valence-corrected chi connectivity index (χ1v) is 10.1. The van der Waals surface area contributed by atoms with Crippen LogP contribution in [0.3, 0.4) is 0 Å². The zero-order valence-corrected chi connectivity index (χ0v) is 15.6. The molecule has 3 aliphatic rings. The summed E-state index contributed by atoms with van der Waals surface area (Å²) in [4.78, 5) is 30.0. The van der Waals surface area contributed by atoms with Gasteiger partial charge in [-0.2, -0.15) is 0 Å². The van der Waals surface area contributed by atoms with Crippen molar-refractivity contribution in [3.63, 3.8) is 0 Å². The van der Waals surface area contributed by atoms with E-state index in [4.69, 9.17) is 0 Å². The van der Waals surface area contributed by atoms with Gasteiger partial charge >= 0.3 is 6.03 Å². The van der Waals surface area contributed by atoms with Crippen molar-refractivity contribution in [3.8, 4) is 0 Å².